The van der Waals surface area contributed by atoms with E-state index in [0.29, 0.717) is 17.8 Å². The molecule has 1 saturated heterocycles. The van der Waals surface area contributed by atoms with Gasteiger partial charge in [-0.15, -0.1) is 10.2 Å². The molecular formula is C24H26FN7O. The first-order chi connectivity index (χ1) is 16.1. The van der Waals surface area contributed by atoms with E-state index in [1.165, 1.54) is 18.3 Å². The number of aliphatic imine (C=N–C) groups is 1. The number of nitrogens with zero attached hydrogens (tertiary/aromatic N) is 4. The standard InChI is InChI=1S/C24H26FN7O/c1-27-21(9-12-26)22-19-7-2-3-8-20(19)23(31-30-22)32-13-10-17(11-14-32)28-24(33)29-18-6-4-5-16(25)15-18/h2-8,12,15,17,26H,9-11,13-14H2,1H3,(H2,28,29,33). The quantitative estimate of drug-likeness (QED) is 0.496. The molecule has 8 nitrogen and oxygen atoms in total. The van der Waals surface area contributed by atoms with Crippen molar-refractivity contribution in [1.29, 1.82) is 5.41 Å². The second-order valence-corrected chi connectivity index (χ2v) is 7.87. The van der Waals surface area contributed by atoms with Crippen LogP contribution in [0.15, 0.2) is 53.5 Å². The minimum absolute atomic E-state index is 0.0136. The van der Waals surface area contributed by atoms with E-state index in [1.807, 2.05) is 24.3 Å². The lowest BCUT2D eigenvalue weighted by molar-refractivity contribution is 0.246. The zero-order valence-electron chi connectivity index (χ0n) is 18.4. The third kappa shape index (κ3) is 5.14. The van der Waals surface area contributed by atoms with Gasteiger partial charge in [-0.25, -0.2) is 9.18 Å². The van der Waals surface area contributed by atoms with Gasteiger partial charge in [0.15, 0.2) is 5.82 Å². The van der Waals surface area contributed by atoms with Crippen molar-refractivity contribution in [3.63, 3.8) is 0 Å². The van der Waals surface area contributed by atoms with E-state index in [4.69, 9.17) is 5.41 Å². The van der Waals surface area contributed by atoms with Crippen molar-refractivity contribution in [3.05, 3.63) is 60.0 Å². The molecule has 1 fully saturated rings. The second kappa shape index (κ2) is 10.2. The summed E-state index contributed by atoms with van der Waals surface area (Å²) < 4.78 is 13.3. The number of fused-ring (bicyclic) bond motifs is 1. The Hall–Kier alpha value is -3.88. The van der Waals surface area contributed by atoms with Gasteiger partial charge in [0.2, 0.25) is 0 Å². The van der Waals surface area contributed by atoms with E-state index in [1.54, 1.807) is 19.2 Å². The Morgan fingerprint density at radius 1 is 1.18 bits per heavy atom. The molecule has 1 aliphatic rings. The first kappa shape index (κ1) is 22.3. The van der Waals surface area contributed by atoms with E-state index in [9.17, 15) is 9.18 Å². The summed E-state index contributed by atoms with van der Waals surface area (Å²) in [6.07, 6.45) is 3.23. The minimum Gasteiger partial charge on any atom is -0.354 e. The Labute approximate surface area is 191 Å². The highest BCUT2D eigenvalue weighted by atomic mass is 19.1. The molecule has 0 bridgehead atoms. The molecule has 3 N–H and O–H groups in total. The average molecular weight is 448 g/mol. The van der Waals surface area contributed by atoms with Gasteiger partial charge in [0.05, 0.1) is 5.71 Å². The van der Waals surface area contributed by atoms with Crippen LogP contribution in [0, 0.1) is 11.2 Å². The fourth-order valence-electron chi connectivity index (χ4n) is 4.08. The predicted octanol–water partition coefficient (Wildman–Crippen LogP) is 4.02. The van der Waals surface area contributed by atoms with Gasteiger partial charge in [-0.3, -0.25) is 4.99 Å². The van der Waals surface area contributed by atoms with E-state index in [2.05, 4.69) is 30.7 Å². The predicted molar refractivity (Wildman–Crippen MR) is 129 cm³/mol. The Balaban J connectivity index is 1.44. The molecule has 2 amide bonds. The maximum absolute atomic E-state index is 13.3. The summed E-state index contributed by atoms with van der Waals surface area (Å²) in [5.41, 5.74) is 1.85. The molecule has 2 aromatic carbocycles. The molecule has 2 heterocycles. The first-order valence-corrected chi connectivity index (χ1v) is 10.9. The van der Waals surface area contributed by atoms with Crippen LogP contribution in [0.5, 0.6) is 0 Å². The fraction of sp³-hybridized carbons (Fsp3) is 0.292. The van der Waals surface area contributed by atoms with Crippen molar-refractivity contribution < 1.29 is 9.18 Å². The van der Waals surface area contributed by atoms with Crippen LogP contribution in [-0.4, -0.2) is 54.3 Å². The number of piperidine rings is 1. The molecule has 3 aromatic rings. The number of rotatable bonds is 6. The Kier molecular flexibility index (Phi) is 6.87. The van der Waals surface area contributed by atoms with Crippen LogP contribution in [0.3, 0.4) is 0 Å². The van der Waals surface area contributed by atoms with E-state index in [-0.39, 0.29) is 12.1 Å². The zero-order valence-corrected chi connectivity index (χ0v) is 18.4. The third-order valence-electron chi connectivity index (χ3n) is 5.72. The number of hydrogen-bond donors (Lipinski definition) is 3. The van der Waals surface area contributed by atoms with Crippen LogP contribution in [0.2, 0.25) is 0 Å². The van der Waals surface area contributed by atoms with Crippen LogP contribution in [0.1, 0.15) is 25.0 Å². The van der Waals surface area contributed by atoms with Crippen molar-refractivity contribution >= 4 is 40.2 Å². The number of urea groups is 1. The van der Waals surface area contributed by atoms with Gasteiger partial charge >= 0.3 is 6.03 Å². The first-order valence-electron chi connectivity index (χ1n) is 10.9. The number of hydrogen-bond acceptors (Lipinski definition) is 6. The van der Waals surface area contributed by atoms with Gasteiger partial charge in [-0.1, -0.05) is 30.3 Å². The lowest BCUT2D eigenvalue weighted by atomic mass is 10.0. The molecule has 170 valence electrons. The van der Waals surface area contributed by atoms with E-state index in [0.717, 1.165) is 48.2 Å². The number of benzene rings is 2. The summed E-state index contributed by atoms with van der Waals surface area (Å²) in [4.78, 5) is 18.8. The van der Waals surface area contributed by atoms with Crippen molar-refractivity contribution in [1.82, 2.24) is 15.5 Å². The monoisotopic (exact) mass is 447 g/mol. The average Bonchev–Trinajstić information content (AvgIpc) is 2.82. The maximum atomic E-state index is 13.3. The van der Waals surface area contributed by atoms with Crippen LogP contribution in [-0.2, 0) is 0 Å². The van der Waals surface area contributed by atoms with Gasteiger partial charge in [0.1, 0.15) is 11.5 Å². The maximum Gasteiger partial charge on any atom is 0.319 e. The molecule has 0 atom stereocenters. The highest BCUT2D eigenvalue weighted by Gasteiger charge is 2.24. The molecule has 0 radical (unpaired) electrons. The lowest BCUT2D eigenvalue weighted by Gasteiger charge is -2.33. The number of carbonyl (C=O) groups excluding carboxylic acids is 1. The third-order valence-corrected chi connectivity index (χ3v) is 5.72. The molecule has 0 saturated carbocycles. The summed E-state index contributed by atoms with van der Waals surface area (Å²) in [6, 6.07) is 13.5. The molecule has 4 rings (SSSR count). The Morgan fingerprint density at radius 2 is 1.94 bits per heavy atom. The van der Waals surface area contributed by atoms with Gasteiger partial charge in [-0.2, -0.15) is 0 Å². The van der Waals surface area contributed by atoms with Gasteiger partial charge in [0, 0.05) is 55.3 Å². The van der Waals surface area contributed by atoms with E-state index < -0.39 is 5.82 Å². The fourth-order valence-corrected chi connectivity index (χ4v) is 4.08. The summed E-state index contributed by atoms with van der Waals surface area (Å²) in [6.45, 7) is 1.44. The molecule has 1 aliphatic heterocycles. The topological polar surface area (TPSA) is 106 Å². The molecule has 9 heteroatoms. The second-order valence-electron chi connectivity index (χ2n) is 7.87. The smallest absolute Gasteiger partial charge is 0.319 e. The Bertz CT molecular complexity index is 1190. The largest absolute Gasteiger partial charge is 0.354 e. The van der Waals surface area contributed by atoms with Gasteiger partial charge < -0.3 is 20.9 Å². The van der Waals surface area contributed by atoms with Crippen molar-refractivity contribution in [2.75, 3.05) is 30.4 Å². The SMILES string of the molecule is CN=C(CC=N)c1nnc(N2CCC(NC(=O)Nc3cccc(F)c3)CC2)c2ccccc12. The molecule has 0 spiro atoms. The number of anilines is 2. The van der Waals surface area contributed by atoms with Crippen LogP contribution in [0.4, 0.5) is 20.7 Å². The minimum atomic E-state index is -0.393. The Morgan fingerprint density at radius 3 is 2.64 bits per heavy atom. The molecule has 33 heavy (non-hydrogen) atoms. The molecular weight excluding hydrogens is 421 g/mol. The van der Waals surface area contributed by atoms with Gasteiger partial charge in [-0.05, 0) is 31.0 Å². The summed E-state index contributed by atoms with van der Waals surface area (Å²) in [7, 11) is 1.70. The van der Waals surface area contributed by atoms with Crippen molar-refractivity contribution in [2.24, 2.45) is 4.99 Å². The zero-order chi connectivity index (χ0) is 23.2. The van der Waals surface area contributed by atoms with Crippen LogP contribution in [0.25, 0.3) is 10.8 Å². The van der Waals surface area contributed by atoms with E-state index >= 15 is 0 Å². The summed E-state index contributed by atoms with van der Waals surface area (Å²) in [5, 5.41) is 24.0. The normalized spacial score (nSPS) is 14.8. The highest BCUT2D eigenvalue weighted by Crippen LogP contribution is 2.28. The molecule has 0 aliphatic carbocycles. The lowest BCUT2D eigenvalue weighted by Crippen LogP contribution is -2.46. The number of nitrogens with one attached hydrogen (secondary N) is 3. The summed E-state index contributed by atoms with van der Waals surface area (Å²) in [5.74, 6) is 0.415. The molecule has 1 aromatic heterocycles. The van der Waals surface area contributed by atoms with Crippen molar-refractivity contribution in [2.45, 2.75) is 25.3 Å². The summed E-state index contributed by atoms with van der Waals surface area (Å²) >= 11 is 0. The number of aromatic nitrogens is 2. The molecule has 0 unspecified atom stereocenters. The number of carbonyl (C=O) groups is 1. The highest BCUT2D eigenvalue weighted by molar-refractivity contribution is 6.14. The van der Waals surface area contributed by atoms with Gasteiger partial charge in [0.25, 0.3) is 0 Å². The van der Waals surface area contributed by atoms with Crippen LogP contribution >= 0.6 is 0 Å². The van der Waals surface area contributed by atoms with Crippen molar-refractivity contribution in [3.8, 4) is 0 Å². The number of amides is 2. The van der Waals surface area contributed by atoms with Crippen LogP contribution < -0.4 is 15.5 Å². The number of halogens is 1.